The average Bonchev–Trinajstić information content (AvgIpc) is 3.38. The third-order valence-corrected chi connectivity index (χ3v) is 6.86. The van der Waals surface area contributed by atoms with E-state index < -0.39 is 0 Å². The summed E-state index contributed by atoms with van der Waals surface area (Å²) in [7, 11) is 1.61. The molecule has 0 radical (unpaired) electrons. The summed E-state index contributed by atoms with van der Waals surface area (Å²) < 4.78 is 5.02. The summed E-state index contributed by atoms with van der Waals surface area (Å²) >= 11 is 0. The van der Waals surface area contributed by atoms with Crippen molar-refractivity contribution in [1.82, 2.24) is 14.9 Å². The van der Waals surface area contributed by atoms with Crippen molar-refractivity contribution in [3.8, 4) is 11.1 Å². The van der Waals surface area contributed by atoms with E-state index in [1.54, 1.807) is 13.3 Å². The normalized spacial score (nSPS) is 15.8. The lowest BCUT2D eigenvalue weighted by molar-refractivity contribution is -0.132. The molecule has 2 aliphatic heterocycles. The number of hydrogen-bond donors (Lipinski definition) is 1. The Labute approximate surface area is 217 Å². The van der Waals surface area contributed by atoms with Gasteiger partial charge in [-0.25, -0.2) is 4.98 Å². The van der Waals surface area contributed by atoms with E-state index in [0.29, 0.717) is 32.5 Å². The number of nitrogens with zero attached hydrogens (tertiary/aromatic N) is 5. The number of carbonyl (C=O) groups is 2. The quantitative estimate of drug-likeness (QED) is 0.504. The highest BCUT2D eigenvalue weighted by atomic mass is 16.5. The zero-order chi connectivity index (χ0) is 25.6. The van der Waals surface area contributed by atoms with Crippen molar-refractivity contribution < 1.29 is 14.3 Å². The van der Waals surface area contributed by atoms with Gasteiger partial charge in [0.2, 0.25) is 11.8 Å². The number of hydrogen-bond acceptors (Lipinski definition) is 7. The van der Waals surface area contributed by atoms with Crippen LogP contribution < -0.4 is 15.1 Å². The van der Waals surface area contributed by atoms with Crippen LogP contribution in [0.4, 0.5) is 22.9 Å². The minimum absolute atomic E-state index is 0.141. The van der Waals surface area contributed by atoms with Crippen molar-refractivity contribution >= 4 is 34.7 Å². The third kappa shape index (κ3) is 5.89. The first-order chi connectivity index (χ1) is 18.1. The smallest absolute Gasteiger partial charge is 0.227 e. The Morgan fingerprint density at radius 1 is 0.946 bits per heavy atom. The predicted octanol–water partition coefficient (Wildman–Crippen LogP) is 3.70. The molecule has 37 heavy (non-hydrogen) atoms. The molecule has 2 saturated heterocycles. The van der Waals surface area contributed by atoms with Gasteiger partial charge in [-0.15, -0.1) is 0 Å². The summed E-state index contributed by atoms with van der Waals surface area (Å²) in [6.45, 7) is 4.17. The Hall–Kier alpha value is -3.98. The molecule has 3 aromatic rings. The predicted molar refractivity (Wildman–Crippen MR) is 144 cm³/mol. The van der Waals surface area contributed by atoms with Crippen LogP contribution >= 0.6 is 0 Å². The monoisotopic (exact) mass is 500 g/mol. The second-order valence-electron chi connectivity index (χ2n) is 9.30. The Morgan fingerprint density at radius 3 is 2.41 bits per heavy atom. The SMILES string of the molecule is COCCC(=O)N1CCN(c2cncc(Nc3ccc(-c4ccc(N5CCCC5=O)cc4)cn3)c2)CC1. The molecule has 1 N–H and O–H groups in total. The number of piperazine rings is 1. The number of benzene rings is 1. The molecule has 0 unspecified atom stereocenters. The standard InChI is InChI=1S/C28H32N6O3/c1-37-16-10-27(35)33-14-12-32(13-15-33)25-17-23(19-29-20-25)31-26-9-6-22(18-30-26)21-4-7-24(8-5-21)34-11-2-3-28(34)36/h4-9,17-20H,2-3,10-16H2,1H3,(H,30,31). The van der Waals surface area contributed by atoms with E-state index in [9.17, 15) is 9.59 Å². The van der Waals surface area contributed by atoms with Gasteiger partial charge in [-0.3, -0.25) is 14.6 Å². The first-order valence-corrected chi connectivity index (χ1v) is 12.7. The fraction of sp³-hybridized carbons (Fsp3) is 0.357. The van der Waals surface area contributed by atoms with Crippen LogP contribution in [0.5, 0.6) is 0 Å². The molecule has 4 heterocycles. The van der Waals surface area contributed by atoms with Gasteiger partial charge in [-0.05, 0) is 42.3 Å². The van der Waals surface area contributed by atoms with E-state index in [2.05, 4.69) is 26.3 Å². The molecule has 0 bridgehead atoms. The van der Waals surface area contributed by atoms with Crippen LogP contribution in [0.3, 0.4) is 0 Å². The van der Waals surface area contributed by atoms with E-state index in [4.69, 9.17) is 4.74 Å². The summed E-state index contributed by atoms with van der Waals surface area (Å²) in [5.41, 5.74) is 4.88. The van der Waals surface area contributed by atoms with Gasteiger partial charge in [0.1, 0.15) is 5.82 Å². The molecule has 0 aliphatic carbocycles. The lowest BCUT2D eigenvalue weighted by Gasteiger charge is -2.36. The lowest BCUT2D eigenvalue weighted by atomic mass is 10.1. The highest BCUT2D eigenvalue weighted by molar-refractivity contribution is 5.95. The van der Waals surface area contributed by atoms with Crippen LogP contribution in [0.1, 0.15) is 19.3 Å². The molecule has 5 rings (SSSR count). The van der Waals surface area contributed by atoms with Gasteiger partial charge in [-0.2, -0.15) is 0 Å². The van der Waals surface area contributed by atoms with Crippen molar-refractivity contribution in [2.45, 2.75) is 19.3 Å². The minimum Gasteiger partial charge on any atom is -0.384 e. The number of methoxy groups -OCH3 is 1. The number of carbonyl (C=O) groups excluding carboxylic acids is 2. The number of pyridine rings is 2. The fourth-order valence-corrected chi connectivity index (χ4v) is 4.77. The highest BCUT2D eigenvalue weighted by Gasteiger charge is 2.22. The molecule has 0 atom stereocenters. The summed E-state index contributed by atoms with van der Waals surface area (Å²) in [6, 6.07) is 14.1. The van der Waals surface area contributed by atoms with E-state index in [0.717, 1.165) is 60.1 Å². The largest absolute Gasteiger partial charge is 0.384 e. The molecular weight excluding hydrogens is 468 g/mol. The van der Waals surface area contributed by atoms with Crippen molar-refractivity contribution in [3.63, 3.8) is 0 Å². The topological polar surface area (TPSA) is 90.9 Å². The molecule has 0 saturated carbocycles. The second-order valence-corrected chi connectivity index (χ2v) is 9.30. The maximum Gasteiger partial charge on any atom is 0.227 e. The van der Waals surface area contributed by atoms with Crippen molar-refractivity contribution in [3.05, 3.63) is 61.1 Å². The molecule has 192 valence electrons. The zero-order valence-corrected chi connectivity index (χ0v) is 21.1. The van der Waals surface area contributed by atoms with Gasteiger partial charge in [0, 0.05) is 63.7 Å². The van der Waals surface area contributed by atoms with Crippen molar-refractivity contribution in [2.24, 2.45) is 0 Å². The Morgan fingerprint density at radius 2 is 1.73 bits per heavy atom. The number of rotatable bonds is 8. The highest BCUT2D eigenvalue weighted by Crippen LogP contribution is 2.27. The van der Waals surface area contributed by atoms with Crippen LogP contribution in [-0.2, 0) is 14.3 Å². The summed E-state index contributed by atoms with van der Waals surface area (Å²) in [5, 5.41) is 3.34. The first-order valence-electron chi connectivity index (χ1n) is 12.7. The van der Waals surface area contributed by atoms with E-state index in [1.165, 1.54) is 0 Å². The number of nitrogens with one attached hydrogen (secondary N) is 1. The minimum atomic E-state index is 0.141. The van der Waals surface area contributed by atoms with Gasteiger partial charge >= 0.3 is 0 Å². The second kappa shape index (κ2) is 11.4. The van der Waals surface area contributed by atoms with Crippen molar-refractivity contribution in [2.75, 3.05) is 61.6 Å². The van der Waals surface area contributed by atoms with Gasteiger partial charge in [0.15, 0.2) is 0 Å². The van der Waals surface area contributed by atoms with Crippen LogP contribution in [0.15, 0.2) is 61.1 Å². The first kappa shape index (κ1) is 24.7. The van der Waals surface area contributed by atoms with Crippen LogP contribution in [0, 0.1) is 0 Å². The Bertz CT molecular complexity index is 1220. The number of ether oxygens (including phenoxy) is 1. The molecule has 2 fully saturated rings. The molecule has 2 aromatic heterocycles. The maximum absolute atomic E-state index is 12.2. The van der Waals surface area contributed by atoms with E-state index in [1.807, 2.05) is 58.6 Å². The zero-order valence-electron chi connectivity index (χ0n) is 21.1. The van der Waals surface area contributed by atoms with Crippen molar-refractivity contribution in [1.29, 1.82) is 0 Å². The molecular formula is C28H32N6O3. The average molecular weight is 501 g/mol. The third-order valence-electron chi connectivity index (χ3n) is 6.86. The molecule has 0 spiro atoms. The number of amides is 2. The molecule has 2 aliphatic rings. The van der Waals surface area contributed by atoms with Gasteiger partial charge in [0.25, 0.3) is 0 Å². The Kier molecular flexibility index (Phi) is 7.60. The summed E-state index contributed by atoms with van der Waals surface area (Å²) in [5.74, 6) is 1.07. The molecule has 9 nitrogen and oxygen atoms in total. The van der Waals surface area contributed by atoms with Gasteiger partial charge in [0.05, 0.1) is 36.8 Å². The lowest BCUT2D eigenvalue weighted by Crippen LogP contribution is -2.49. The van der Waals surface area contributed by atoms with Crippen LogP contribution in [0.25, 0.3) is 11.1 Å². The van der Waals surface area contributed by atoms with E-state index in [-0.39, 0.29) is 11.8 Å². The molecule has 1 aromatic carbocycles. The molecule has 2 amide bonds. The van der Waals surface area contributed by atoms with Gasteiger partial charge in [-0.1, -0.05) is 12.1 Å². The maximum atomic E-state index is 12.2. The summed E-state index contributed by atoms with van der Waals surface area (Å²) in [6.07, 6.45) is 7.45. The Balaban J connectivity index is 1.18. The number of aromatic nitrogens is 2. The fourth-order valence-electron chi connectivity index (χ4n) is 4.77. The van der Waals surface area contributed by atoms with Crippen LogP contribution in [0.2, 0.25) is 0 Å². The number of anilines is 4. The van der Waals surface area contributed by atoms with E-state index >= 15 is 0 Å². The summed E-state index contributed by atoms with van der Waals surface area (Å²) in [4.78, 5) is 39.2. The van der Waals surface area contributed by atoms with Gasteiger partial charge < -0.3 is 24.8 Å². The molecule has 9 heteroatoms. The van der Waals surface area contributed by atoms with Crippen LogP contribution in [-0.4, -0.2) is 73.1 Å².